The van der Waals surface area contributed by atoms with Crippen molar-refractivity contribution >= 4 is 29.9 Å². The third-order valence-corrected chi connectivity index (χ3v) is 3.74. The lowest BCUT2D eigenvalue weighted by atomic mass is 9.84. The molecular formula is C16H25Cl2FN2O. The highest BCUT2D eigenvalue weighted by atomic mass is 35.5. The lowest BCUT2D eigenvalue weighted by molar-refractivity contribution is -0.122. The molecule has 6 heteroatoms. The predicted octanol–water partition coefficient (Wildman–Crippen LogP) is 3.67. The van der Waals surface area contributed by atoms with Crippen molar-refractivity contribution < 1.29 is 9.18 Å². The summed E-state index contributed by atoms with van der Waals surface area (Å²) in [6.45, 7) is 8.33. The van der Waals surface area contributed by atoms with E-state index >= 15 is 0 Å². The first-order valence-electron chi connectivity index (χ1n) is 7.12. The molecule has 1 aromatic rings. The van der Waals surface area contributed by atoms with E-state index in [0.29, 0.717) is 23.9 Å². The Morgan fingerprint density at radius 3 is 2.50 bits per heavy atom. The Kier molecular flexibility index (Phi) is 8.37. The molecule has 0 aliphatic heterocycles. The first-order valence-corrected chi connectivity index (χ1v) is 7.50. The Hall–Kier alpha value is -0.840. The number of rotatable bonds is 6. The standard InChI is InChI=1S/C16H24ClFN2O.ClH/c1-10(2)7-14(19)15(21)20-9-16(3,4)12-6-5-11(18)8-13(12)17;/h5-6,8,10,14H,7,9,19H2,1-4H3,(H,20,21);1H/t14-;/m0./s1. The molecule has 0 aliphatic rings. The fourth-order valence-corrected chi connectivity index (χ4v) is 2.61. The van der Waals surface area contributed by atoms with Gasteiger partial charge in [0.1, 0.15) is 5.82 Å². The molecular weight excluding hydrogens is 326 g/mol. The van der Waals surface area contributed by atoms with E-state index in [1.807, 2.05) is 27.7 Å². The minimum Gasteiger partial charge on any atom is -0.354 e. The second-order valence-corrected chi connectivity index (χ2v) is 6.87. The van der Waals surface area contributed by atoms with Gasteiger partial charge in [0.15, 0.2) is 0 Å². The fourth-order valence-electron chi connectivity index (χ4n) is 2.19. The van der Waals surface area contributed by atoms with Crippen LogP contribution >= 0.6 is 24.0 Å². The molecule has 0 unspecified atom stereocenters. The van der Waals surface area contributed by atoms with Gasteiger partial charge in [-0.3, -0.25) is 4.79 Å². The van der Waals surface area contributed by atoms with Gasteiger partial charge in [-0.15, -0.1) is 12.4 Å². The Labute approximate surface area is 143 Å². The van der Waals surface area contributed by atoms with E-state index in [4.69, 9.17) is 17.3 Å². The molecule has 3 N–H and O–H groups in total. The van der Waals surface area contributed by atoms with Crippen LogP contribution in [0.3, 0.4) is 0 Å². The summed E-state index contributed by atoms with van der Waals surface area (Å²) in [6, 6.07) is 3.79. The number of hydrogen-bond acceptors (Lipinski definition) is 2. The predicted molar refractivity (Wildman–Crippen MR) is 92.1 cm³/mol. The minimum absolute atomic E-state index is 0. The topological polar surface area (TPSA) is 55.1 Å². The van der Waals surface area contributed by atoms with Crippen LogP contribution in [0.2, 0.25) is 5.02 Å². The molecule has 0 radical (unpaired) electrons. The summed E-state index contributed by atoms with van der Waals surface area (Å²) >= 11 is 6.08. The summed E-state index contributed by atoms with van der Waals surface area (Å²) in [5, 5.41) is 3.21. The Morgan fingerprint density at radius 1 is 1.41 bits per heavy atom. The van der Waals surface area contributed by atoms with E-state index in [-0.39, 0.29) is 24.1 Å². The van der Waals surface area contributed by atoms with Gasteiger partial charge in [-0.2, -0.15) is 0 Å². The molecule has 0 bridgehead atoms. The van der Waals surface area contributed by atoms with Crippen LogP contribution in [-0.4, -0.2) is 18.5 Å². The van der Waals surface area contributed by atoms with Gasteiger partial charge in [0.25, 0.3) is 0 Å². The number of carbonyl (C=O) groups excluding carboxylic acids is 1. The van der Waals surface area contributed by atoms with E-state index in [1.165, 1.54) is 12.1 Å². The molecule has 1 aromatic carbocycles. The number of halogens is 3. The summed E-state index contributed by atoms with van der Waals surface area (Å²) in [4.78, 5) is 12.0. The van der Waals surface area contributed by atoms with Crippen LogP contribution in [0.15, 0.2) is 18.2 Å². The van der Waals surface area contributed by atoms with E-state index < -0.39 is 11.5 Å². The van der Waals surface area contributed by atoms with Crippen molar-refractivity contribution in [2.24, 2.45) is 11.7 Å². The molecule has 0 saturated carbocycles. The summed E-state index contributed by atoms with van der Waals surface area (Å²) in [7, 11) is 0. The van der Waals surface area contributed by atoms with E-state index in [1.54, 1.807) is 6.07 Å². The highest BCUT2D eigenvalue weighted by Gasteiger charge is 2.25. The largest absolute Gasteiger partial charge is 0.354 e. The summed E-state index contributed by atoms with van der Waals surface area (Å²) in [6.07, 6.45) is 0.642. The number of hydrogen-bond donors (Lipinski definition) is 2. The molecule has 126 valence electrons. The van der Waals surface area contributed by atoms with Crippen LogP contribution in [0.5, 0.6) is 0 Å². The normalized spacial score (nSPS) is 12.7. The molecule has 3 nitrogen and oxygen atoms in total. The maximum atomic E-state index is 13.1. The molecule has 0 aliphatic carbocycles. The van der Waals surface area contributed by atoms with Crippen LogP contribution in [0, 0.1) is 11.7 Å². The SMILES string of the molecule is CC(C)C[C@H](N)C(=O)NCC(C)(C)c1ccc(F)cc1Cl.Cl. The van der Waals surface area contributed by atoms with Crippen LogP contribution in [0.1, 0.15) is 39.7 Å². The van der Waals surface area contributed by atoms with Crippen LogP contribution < -0.4 is 11.1 Å². The molecule has 0 aromatic heterocycles. The maximum absolute atomic E-state index is 13.1. The average Bonchev–Trinajstić information content (AvgIpc) is 2.34. The van der Waals surface area contributed by atoms with Crippen molar-refractivity contribution in [2.45, 2.75) is 45.6 Å². The highest BCUT2D eigenvalue weighted by Crippen LogP contribution is 2.29. The Morgan fingerprint density at radius 2 is 2.00 bits per heavy atom. The number of benzene rings is 1. The van der Waals surface area contributed by atoms with Crippen molar-refractivity contribution in [1.82, 2.24) is 5.32 Å². The Balaban J connectivity index is 0.00000441. The zero-order chi connectivity index (χ0) is 16.2. The molecule has 0 fully saturated rings. The van der Waals surface area contributed by atoms with E-state index in [9.17, 15) is 9.18 Å². The number of nitrogens with two attached hydrogens (primary N) is 1. The molecule has 1 amide bonds. The number of carbonyl (C=O) groups is 1. The first kappa shape index (κ1) is 21.2. The zero-order valence-electron chi connectivity index (χ0n) is 13.5. The smallest absolute Gasteiger partial charge is 0.236 e. The van der Waals surface area contributed by atoms with Gasteiger partial charge in [0.05, 0.1) is 6.04 Å². The van der Waals surface area contributed by atoms with Crippen LogP contribution in [-0.2, 0) is 10.2 Å². The van der Waals surface area contributed by atoms with Crippen LogP contribution in [0.4, 0.5) is 4.39 Å². The second kappa shape index (κ2) is 8.70. The summed E-state index contributed by atoms with van der Waals surface area (Å²) < 4.78 is 13.1. The molecule has 22 heavy (non-hydrogen) atoms. The van der Waals surface area contributed by atoms with Gasteiger partial charge in [-0.05, 0) is 30.0 Å². The van der Waals surface area contributed by atoms with E-state index in [2.05, 4.69) is 5.32 Å². The summed E-state index contributed by atoms with van der Waals surface area (Å²) in [5.41, 5.74) is 6.24. The lowest BCUT2D eigenvalue weighted by Gasteiger charge is -2.27. The summed E-state index contributed by atoms with van der Waals surface area (Å²) in [5.74, 6) is -0.178. The minimum atomic E-state index is -0.510. The lowest BCUT2D eigenvalue weighted by Crippen LogP contribution is -2.45. The Bertz CT molecular complexity index is 507. The fraction of sp³-hybridized carbons (Fsp3) is 0.562. The number of amides is 1. The zero-order valence-corrected chi connectivity index (χ0v) is 15.0. The molecule has 0 spiro atoms. The third kappa shape index (κ3) is 6.11. The quantitative estimate of drug-likeness (QED) is 0.822. The van der Waals surface area contributed by atoms with Gasteiger partial charge in [0, 0.05) is 17.0 Å². The third-order valence-electron chi connectivity index (χ3n) is 3.43. The second-order valence-electron chi connectivity index (χ2n) is 6.46. The van der Waals surface area contributed by atoms with Gasteiger partial charge in [-0.25, -0.2) is 4.39 Å². The van der Waals surface area contributed by atoms with Crippen molar-refractivity contribution in [1.29, 1.82) is 0 Å². The monoisotopic (exact) mass is 350 g/mol. The van der Waals surface area contributed by atoms with E-state index in [0.717, 1.165) is 5.56 Å². The average molecular weight is 351 g/mol. The van der Waals surface area contributed by atoms with Gasteiger partial charge in [0.2, 0.25) is 5.91 Å². The molecule has 1 atom stereocenters. The van der Waals surface area contributed by atoms with Crippen molar-refractivity contribution in [3.8, 4) is 0 Å². The van der Waals surface area contributed by atoms with Gasteiger partial charge < -0.3 is 11.1 Å². The highest BCUT2D eigenvalue weighted by molar-refractivity contribution is 6.31. The number of nitrogens with one attached hydrogen (secondary N) is 1. The van der Waals surface area contributed by atoms with Gasteiger partial charge in [-0.1, -0.05) is 45.4 Å². The van der Waals surface area contributed by atoms with Crippen molar-refractivity contribution in [2.75, 3.05) is 6.54 Å². The molecule has 1 rings (SSSR count). The van der Waals surface area contributed by atoms with Gasteiger partial charge >= 0.3 is 0 Å². The van der Waals surface area contributed by atoms with Crippen molar-refractivity contribution in [3.05, 3.63) is 34.6 Å². The molecule has 0 saturated heterocycles. The first-order chi connectivity index (χ1) is 9.63. The van der Waals surface area contributed by atoms with Crippen molar-refractivity contribution in [3.63, 3.8) is 0 Å². The van der Waals surface area contributed by atoms with Crippen LogP contribution in [0.25, 0.3) is 0 Å². The molecule has 0 heterocycles. The maximum Gasteiger partial charge on any atom is 0.236 e.